The Labute approximate surface area is 145 Å². The molecule has 1 aromatic rings. The maximum atomic E-state index is 13.0. The third kappa shape index (κ3) is 3.30. The lowest BCUT2D eigenvalue weighted by atomic mass is 9.95. The molecule has 4 nitrogen and oxygen atoms in total. The summed E-state index contributed by atoms with van der Waals surface area (Å²) in [6.45, 7) is 4.31. The molecule has 3 aliphatic heterocycles. The Hall–Kier alpha value is -1.55. The van der Waals surface area contributed by atoms with E-state index in [1.54, 1.807) is 0 Å². The van der Waals surface area contributed by atoms with Gasteiger partial charge in [-0.25, -0.2) is 0 Å². The number of benzene rings is 1. The van der Waals surface area contributed by atoms with Crippen LogP contribution >= 0.6 is 0 Å². The van der Waals surface area contributed by atoms with Crippen LogP contribution in [0.15, 0.2) is 24.3 Å². The summed E-state index contributed by atoms with van der Waals surface area (Å²) in [6, 6.07) is 8.62. The molecule has 3 saturated heterocycles. The second-order valence-electron chi connectivity index (χ2n) is 8.15. The fourth-order valence-corrected chi connectivity index (χ4v) is 4.29. The Bertz CT molecular complexity index is 593. The zero-order chi connectivity index (χ0) is 16.7. The number of nitrogens with zero attached hydrogens (tertiary/aromatic N) is 3. The molecule has 0 N–H and O–H groups in total. The molecule has 4 fully saturated rings. The van der Waals surface area contributed by atoms with Crippen LogP contribution in [0.2, 0.25) is 0 Å². The zero-order valence-electron chi connectivity index (χ0n) is 14.9. The van der Waals surface area contributed by atoms with Crippen LogP contribution in [0.5, 0.6) is 0 Å². The number of hydrogen-bond acceptors (Lipinski definition) is 3. The van der Waals surface area contributed by atoms with Crippen LogP contribution in [0.25, 0.3) is 0 Å². The van der Waals surface area contributed by atoms with Gasteiger partial charge in [-0.3, -0.25) is 9.69 Å². The van der Waals surface area contributed by atoms with Crippen molar-refractivity contribution in [1.82, 2.24) is 9.80 Å². The average molecular weight is 327 g/mol. The molecule has 1 aromatic carbocycles. The summed E-state index contributed by atoms with van der Waals surface area (Å²) in [6.07, 6.45) is 5.37. The number of carbonyl (C=O) groups is 1. The Kier molecular flexibility index (Phi) is 4.25. The van der Waals surface area contributed by atoms with Crippen molar-refractivity contribution < 1.29 is 4.79 Å². The highest BCUT2D eigenvalue weighted by Crippen LogP contribution is 2.35. The number of anilines is 1. The van der Waals surface area contributed by atoms with E-state index in [0.29, 0.717) is 12.0 Å². The Morgan fingerprint density at radius 1 is 1.04 bits per heavy atom. The van der Waals surface area contributed by atoms with E-state index in [1.807, 2.05) is 38.4 Å². The first-order valence-electron chi connectivity index (χ1n) is 9.41. The van der Waals surface area contributed by atoms with Gasteiger partial charge in [0.2, 0.25) is 0 Å². The van der Waals surface area contributed by atoms with Crippen molar-refractivity contribution >= 4 is 11.6 Å². The largest absolute Gasteiger partial charge is 0.378 e. The van der Waals surface area contributed by atoms with Gasteiger partial charge in [-0.05, 0) is 61.8 Å². The van der Waals surface area contributed by atoms with Crippen LogP contribution in [-0.4, -0.2) is 62.0 Å². The quantitative estimate of drug-likeness (QED) is 0.851. The van der Waals surface area contributed by atoms with Gasteiger partial charge in [0.05, 0.1) is 0 Å². The number of hydrogen-bond donors (Lipinski definition) is 0. The first-order valence-corrected chi connectivity index (χ1v) is 9.41. The maximum absolute atomic E-state index is 13.0. The van der Waals surface area contributed by atoms with Crippen molar-refractivity contribution in [1.29, 1.82) is 0 Å². The molecule has 0 unspecified atom stereocenters. The van der Waals surface area contributed by atoms with E-state index >= 15 is 0 Å². The summed E-state index contributed by atoms with van der Waals surface area (Å²) in [5.74, 6) is 1.81. The predicted octanol–water partition coefficient (Wildman–Crippen LogP) is 2.70. The predicted molar refractivity (Wildman–Crippen MR) is 97.5 cm³/mol. The first-order chi connectivity index (χ1) is 11.6. The molecule has 4 heteroatoms. The van der Waals surface area contributed by atoms with Crippen LogP contribution in [0, 0.1) is 11.8 Å². The molecule has 3 heterocycles. The van der Waals surface area contributed by atoms with Gasteiger partial charge in [0.15, 0.2) is 0 Å². The molecule has 0 spiro atoms. The molecule has 1 saturated carbocycles. The van der Waals surface area contributed by atoms with Crippen molar-refractivity contribution in [2.75, 3.05) is 45.2 Å². The van der Waals surface area contributed by atoms with Crippen molar-refractivity contribution in [3.05, 3.63) is 29.8 Å². The maximum Gasteiger partial charge on any atom is 0.253 e. The number of carbonyl (C=O) groups excluding carboxylic acids is 1. The van der Waals surface area contributed by atoms with Crippen molar-refractivity contribution in [2.45, 2.75) is 31.7 Å². The first kappa shape index (κ1) is 15.9. The fraction of sp³-hybridized carbons (Fsp3) is 0.650. The molecule has 24 heavy (non-hydrogen) atoms. The third-order valence-corrected chi connectivity index (χ3v) is 5.93. The SMILES string of the molecule is CN(C)c1ccc(C(=O)N2C[C@@H]3CC[C@H](C2)N(CC2CC2)C3)cc1. The van der Waals surface area contributed by atoms with Gasteiger partial charge in [-0.2, -0.15) is 0 Å². The van der Waals surface area contributed by atoms with Gasteiger partial charge in [0.1, 0.15) is 0 Å². The van der Waals surface area contributed by atoms with Gasteiger partial charge in [-0.1, -0.05) is 0 Å². The molecular formula is C20H29N3O. The van der Waals surface area contributed by atoms with Gasteiger partial charge < -0.3 is 9.80 Å². The average Bonchev–Trinajstić information content (AvgIpc) is 3.42. The fourth-order valence-electron chi connectivity index (χ4n) is 4.29. The summed E-state index contributed by atoms with van der Waals surface area (Å²) in [4.78, 5) is 19.9. The van der Waals surface area contributed by atoms with E-state index in [0.717, 1.165) is 30.3 Å². The van der Waals surface area contributed by atoms with Gasteiger partial charge in [0, 0.05) is 57.6 Å². The molecular weight excluding hydrogens is 298 g/mol. The van der Waals surface area contributed by atoms with E-state index in [9.17, 15) is 4.79 Å². The Morgan fingerprint density at radius 2 is 1.79 bits per heavy atom. The molecule has 2 atom stereocenters. The number of piperidine rings is 1. The van der Waals surface area contributed by atoms with Gasteiger partial charge in [-0.15, -0.1) is 0 Å². The van der Waals surface area contributed by atoms with Crippen LogP contribution in [0.4, 0.5) is 5.69 Å². The summed E-state index contributed by atoms with van der Waals surface area (Å²) >= 11 is 0. The van der Waals surface area contributed by atoms with Crippen molar-refractivity contribution in [3.63, 3.8) is 0 Å². The van der Waals surface area contributed by atoms with Crippen LogP contribution in [0.3, 0.4) is 0 Å². The molecule has 4 aliphatic rings. The van der Waals surface area contributed by atoms with E-state index in [2.05, 4.69) is 14.7 Å². The minimum atomic E-state index is 0.213. The highest BCUT2D eigenvalue weighted by atomic mass is 16.2. The molecule has 130 valence electrons. The normalized spacial score (nSPS) is 27.2. The summed E-state index contributed by atoms with van der Waals surface area (Å²) < 4.78 is 0. The lowest BCUT2D eigenvalue weighted by Crippen LogP contribution is -2.45. The number of amides is 1. The van der Waals surface area contributed by atoms with E-state index in [1.165, 1.54) is 38.8 Å². The topological polar surface area (TPSA) is 26.8 Å². The second kappa shape index (κ2) is 6.40. The molecule has 0 radical (unpaired) electrons. The van der Waals surface area contributed by atoms with Crippen LogP contribution in [-0.2, 0) is 0 Å². The molecule has 1 amide bonds. The zero-order valence-corrected chi connectivity index (χ0v) is 14.9. The molecule has 5 rings (SSSR count). The van der Waals surface area contributed by atoms with Crippen LogP contribution < -0.4 is 4.90 Å². The van der Waals surface area contributed by atoms with E-state index in [-0.39, 0.29) is 5.91 Å². The summed E-state index contributed by atoms with van der Waals surface area (Å²) in [7, 11) is 4.05. The monoisotopic (exact) mass is 327 g/mol. The molecule has 2 bridgehead atoms. The Morgan fingerprint density at radius 3 is 2.46 bits per heavy atom. The minimum absolute atomic E-state index is 0.213. The summed E-state index contributed by atoms with van der Waals surface area (Å²) in [5.41, 5.74) is 1.97. The van der Waals surface area contributed by atoms with Crippen molar-refractivity contribution in [3.8, 4) is 0 Å². The summed E-state index contributed by atoms with van der Waals surface area (Å²) in [5, 5.41) is 0. The Balaban J connectivity index is 1.46. The van der Waals surface area contributed by atoms with Crippen LogP contribution in [0.1, 0.15) is 36.0 Å². The smallest absolute Gasteiger partial charge is 0.253 e. The molecule has 1 aliphatic carbocycles. The second-order valence-corrected chi connectivity index (χ2v) is 8.15. The number of rotatable bonds is 4. The van der Waals surface area contributed by atoms with E-state index < -0.39 is 0 Å². The standard InChI is InChI=1S/C20H29N3O/c1-21(2)18-9-6-17(7-10-18)20(24)23-13-16-5-8-19(14-23)22(12-16)11-15-3-4-15/h6-7,9-10,15-16,19H,3-5,8,11-14H2,1-2H3/t16-,19-/m1/s1. The van der Waals surface area contributed by atoms with Gasteiger partial charge >= 0.3 is 0 Å². The third-order valence-electron chi connectivity index (χ3n) is 5.93. The van der Waals surface area contributed by atoms with Crippen molar-refractivity contribution in [2.24, 2.45) is 11.8 Å². The molecule has 0 aromatic heterocycles. The lowest BCUT2D eigenvalue weighted by Gasteiger charge is -2.36. The highest BCUT2D eigenvalue weighted by molar-refractivity contribution is 5.94. The number of fused-ring (bicyclic) bond motifs is 4. The lowest BCUT2D eigenvalue weighted by molar-refractivity contribution is 0.0737. The minimum Gasteiger partial charge on any atom is -0.378 e. The highest BCUT2D eigenvalue weighted by Gasteiger charge is 2.38. The van der Waals surface area contributed by atoms with E-state index in [4.69, 9.17) is 0 Å². The van der Waals surface area contributed by atoms with Gasteiger partial charge in [0.25, 0.3) is 5.91 Å².